The van der Waals surface area contributed by atoms with E-state index in [1.807, 2.05) is 0 Å². The molecular formula is C18H23FN2O4. The lowest BCUT2D eigenvalue weighted by Gasteiger charge is -2.31. The topological polar surface area (TPSA) is 87.7 Å². The van der Waals surface area contributed by atoms with Gasteiger partial charge in [0.05, 0.1) is 25.2 Å². The van der Waals surface area contributed by atoms with Gasteiger partial charge in [0.25, 0.3) is 0 Å². The predicted octanol–water partition coefficient (Wildman–Crippen LogP) is 1.04. The minimum Gasteiger partial charge on any atom is -0.394 e. The van der Waals surface area contributed by atoms with Crippen LogP contribution >= 0.6 is 0 Å². The highest BCUT2D eigenvalue weighted by Crippen LogP contribution is 2.16. The minimum absolute atomic E-state index is 0.0515. The number of benzene rings is 1. The summed E-state index contributed by atoms with van der Waals surface area (Å²) in [6.45, 7) is 1.56. The van der Waals surface area contributed by atoms with Crippen LogP contribution in [0.4, 0.5) is 4.39 Å². The smallest absolute Gasteiger partial charge is 0.223 e. The Balaban J connectivity index is 1.86. The fourth-order valence-corrected chi connectivity index (χ4v) is 2.51. The van der Waals surface area contributed by atoms with Crippen LogP contribution in [0.15, 0.2) is 36.4 Å². The highest BCUT2D eigenvalue weighted by Gasteiger charge is 2.28. The molecule has 7 heteroatoms. The van der Waals surface area contributed by atoms with Crippen molar-refractivity contribution in [2.75, 3.05) is 6.61 Å². The number of nitrogens with one attached hydrogen (secondary N) is 2. The normalized spacial score (nSPS) is 22.4. The predicted molar refractivity (Wildman–Crippen MR) is 90.0 cm³/mol. The molecule has 3 N–H and O–H groups in total. The molecule has 0 fully saturated rings. The van der Waals surface area contributed by atoms with Gasteiger partial charge >= 0.3 is 0 Å². The molecular weight excluding hydrogens is 327 g/mol. The Kier molecular flexibility index (Phi) is 7.09. The van der Waals surface area contributed by atoms with Crippen molar-refractivity contribution in [3.05, 3.63) is 47.8 Å². The third-order valence-corrected chi connectivity index (χ3v) is 3.93. The van der Waals surface area contributed by atoms with Crippen LogP contribution in [0.3, 0.4) is 0 Å². The molecule has 0 aromatic heterocycles. The van der Waals surface area contributed by atoms with E-state index in [2.05, 4.69) is 10.6 Å². The summed E-state index contributed by atoms with van der Waals surface area (Å²) in [7, 11) is 0. The molecule has 1 aromatic carbocycles. The number of hydrogen-bond donors (Lipinski definition) is 3. The minimum atomic E-state index is -0.607. The Morgan fingerprint density at radius 2 is 2.00 bits per heavy atom. The lowest BCUT2D eigenvalue weighted by atomic mass is 10.0. The molecule has 1 heterocycles. The molecule has 0 saturated carbocycles. The molecule has 25 heavy (non-hydrogen) atoms. The van der Waals surface area contributed by atoms with Crippen molar-refractivity contribution in [1.29, 1.82) is 0 Å². The summed E-state index contributed by atoms with van der Waals surface area (Å²) >= 11 is 0. The second-order valence-corrected chi connectivity index (χ2v) is 5.80. The molecule has 0 radical (unpaired) electrons. The number of aliphatic hydroxyl groups excluding tert-OH is 1. The van der Waals surface area contributed by atoms with Gasteiger partial charge < -0.3 is 20.5 Å². The second kappa shape index (κ2) is 9.29. The summed E-state index contributed by atoms with van der Waals surface area (Å²) < 4.78 is 19.2. The maximum absolute atomic E-state index is 13.5. The van der Waals surface area contributed by atoms with Crippen molar-refractivity contribution in [3.63, 3.8) is 0 Å². The average molecular weight is 350 g/mol. The van der Waals surface area contributed by atoms with Gasteiger partial charge in [-0.05, 0) is 6.07 Å². The number of halogens is 1. The first-order chi connectivity index (χ1) is 12.0. The van der Waals surface area contributed by atoms with Crippen LogP contribution in [0.2, 0.25) is 0 Å². The summed E-state index contributed by atoms with van der Waals surface area (Å²) in [5.41, 5.74) is 0.409. The largest absolute Gasteiger partial charge is 0.394 e. The van der Waals surface area contributed by atoms with Gasteiger partial charge in [0.2, 0.25) is 11.8 Å². The van der Waals surface area contributed by atoms with Crippen molar-refractivity contribution in [3.8, 4) is 0 Å². The Bertz CT molecular complexity index is 635. The molecule has 1 aromatic rings. The molecule has 6 nitrogen and oxygen atoms in total. The number of carbonyl (C=O) groups is 2. The Labute approximate surface area is 146 Å². The summed E-state index contributed by atoms with van der Waals surface area (Å²) in [6.07, 6.45) is 2.69. The summed E-state index contributed by atoms with van der Waals surface area (Å²) in [5.74, 6) is -0.796. The maximum Gasteiger partial charge on any atom is 0.223 e. The first-order valence-corrected chi connectivity index (χ1v) is 8.27. The van der Waals surface area contributed by atoms with Crippen LogP contribution in [0.1, 0.15) is 25.3 Å². The van der Waals surface area contributed by atoms with Crippen molar-refractivity contribution >= 4 is 11.8 Å². The zero-order valence-corrected chi connectivity index (χ0v) is 14.1. The van der Waals surface area contributed by atoms with E-state index in [1.54, 1.807) is 37.3 Å². The quantitative estimate of drug-likeness (QED) is 0.641. The summed E-state index contributed by atoms with van der Waals surface area (Å²) in [5, 5.41) is 14.8. The Morgan fingerprint density at radius 1 is 1.24 bits per heavy atom. The third-order valence-electron chi connectivity index (χ3n) is 3.93. The molecule has 2 amide bonds. The zero-order chi connectivity index (χ0) is 18.2. The van der Waals surface area contributed by atoms with Gasteiger partial charge in [-0.3, -0.25) is 9.59 Å². The van der Waals surface area contributed by atoms with E-state index in [9.17, 15) is 19.1 Å². The number of rotatable bonds is 7. The van der Waals surface area contributed by atoms with E-state index in [4.69, 9.17) is 4.74 Å². The van der Waals surface area contributed by atoms with Gasteiger partial charge in [-0.2, -0.15) is 0 Å². The lowest BCUT2D eigenvalue weighted by molar-refractivity contribution is -0.128. The number of ether oxygens (including phenoxy) is 1. The van der Waals surface area contributed by atoms with Gasteiger partial charge in [0, 0.05) is 18.5 Å². The number of hydrogen-bond acceptors (Lipinski definition) is 4. The van der Waals surface area contributed by atoms with Crippen molar-refractivity contribution < 1.29 is 23.8 Å². The van der Waals surface area contributed by atoms with Crippen molar-refractivity contribution in [2.45, 2.75) is 44.6 Å². The van der Waals surface area contributed by atoms with Crippen molar-refractivity contribution in [1.82, 2.24) is 10.6 Å². The molecule has 0 aliphatic carbocycles. The molecule has 0 saturated heterocycles. The Morgan fingerprint density at radius 3 is 2.68 bits per heavy atom. The van der Waals surface area contributed by atoms with E-state index in [1.165, 1.54) is 6.07 Å². The van der Waals surface area contributed by atoms with Crippen LogP contribution in [-0.2, 0) is 20.9 Å². The standard InChI is InChI=1S/C18H23FN2O4/c1-2-17(23)21-15-8-7-13(25-16(15)11-22)9-18(24)20-10-12-5-3-4-6-14(12)19/h3-8,13,15-16,22H,2,9-11H2,1H3,(H,20,24)(H,21,23)/t13-,15-,16+/m0/s1. The van der Waals surface area contributed by atoms with Crippen LogP contribution < -0.4 is 10.6 Å². The summed E-state index contributed by atoms with van der Waals surface area (Å²) in [6, 6.07) is 5.81. The fourth-order valence-electron chi connectivity index (χ4n) is 2.51. The van der Waals surface area contributed by atoms with Gasteiger partial charge in [-0.15, -0.1) is 0 Å². The molecule has 0 bridgehead atoms. The molecule has 136 valence electrons. The van der Waals surface area contributed by atoms with E-state index < -0.39 is 18.2 Å². The van der Waals surface area contributed by atoms with Crippen LogP contribution in [-0.4, -0.2) is 41.8 Å². The number of carbonyl (C=O) groups excluding carboxylic acids is 2. The molecule has 3 atom stereocenters. The van der Waals surface area contributed by atoms with Gasteiger partial charge in [-0.25, -0.2) is 4.39 Å². The highest BCUT2D eigenvalue weighted by molar-refractivity contribution is 5.77. The molecule has 0 spiro atoms. The lowest BCUT2D eigenvalue weighted by Crippen LogP contribution is -2.48. The van der Waals surface area contributed by atoms with Crippen LogP contribution in [0.25, 0.3) is 0 Å². The fraction of sp³-hybridized carbons (Fsp3) is 0.444. The number of aliphatic hydroxyl groups is 1. The maximum atomic E-state index is 13.5. The van der Waals surface area contributed by atoms with Gasteiger partial charge in [0.15, 0.2) is 0 Å². The summed E-state index contributed by atoms with van der Waals surface area (Å²) in [4.78, 5) is 23.5. The van der Waals surface area contributed by atoms with E-state index >= 15 is 0 Å². The molecule has 1 aliphatic heterocycles. The van der Waals surface area contributed by atoms with Crippen LogP contribution in [0, 0.1) is 5.82 Å². The molecule has 2 rings (SSSR count). The zero-order valence-electron chi connectivity index (χ0n) is 14.1. The van der Waals surface area contributed by atoms with E-state index in [-0.39, 0.29) is 37.2 Å². The Hall–Kier alpha value is -2.25. The highest BCUT2D eigenvalue weighted by atomic mass is 19.1. The molecule has 1 aliphatic rings. The van der Waals surface area contributed by atoms with E-state index in [0.717, 1.165) is 0 Å². The third kappa shape index (κ3) is 5.65. The average Bonchev–Trinajstić information content (AvgIpc) is 2.62. The first kappa shape index (κ1) is 19.1. The number of amides is 2. The van der Waals surface area contributed by atoms with Crippen LogP contribution in [0.5, 0.6) is 0 Å². The van der Waals surface area contributed by atoms with Gasteiger partial charge in [-0.1, -0.05) is 37.3 Å². The van der Waals surface area contributed by atoms with E-state index in [0.29, 0.717) is 12.0 Å². The monoisotopic (exact) mass is 350 g/mol. The SMILES string of the molecule is CCC(=O)N[C@H]1C=C[C@@H](CC(=O)NCc2ccccc2F)O[C@@H]1CO. The van der Waals surface area contributed by atoms with Crippen molar-refractivity contribution in [2.24, 2.45) is 0 Å². The van der Waals surface area contributed by atoms with Gasteiger partial charge in [0.1, 0.15) is 11.9 Å². The second-order valence-electron chi connectivity index (χ2n) is 5.80. The first-order valence-electron chi connectivity index (χ1n) is 8.27. The molecule has 0 unspecified atom stereocenters.